The summed E-state index contributed by atoms with van der Waals surface area (Å²) in [6, 6.07) is 19.5. The number of carbonyl (C=O) groups is 1. The van der Waals surface area contributed by atoms with Crippen molar-refractivity contribution >= 4 is 34.8 Å². The van der Waals surface area contributed by atoms with Crippen LogP contribution in [0.25, 0.3) is 39.2 Å². The Morgan fingerprint density at radius 1 is 0.980 bits per heavy atom. The fourth-order valence-corrected chi connectivity index (χ4v) is 7.70. The van der Waals surface area contributed by atoms with Crippen LogP contribution in [0, 0.1) is 6.92 Å². The molecule has 5 aromatic rings. The lowest BCUT2D eigenvalue weighted by Crippen LogP contribution is -2.51. The molecule has 7 rings (SSSR count). The second kappa shape index (κ2) is 14.4. The third-order valence-corrected chi connectivity index (χ3v) is 10.7. The number of halogens is 2. The number of hydrogen-bond acceptors (Lipinski definition) is 8. The number of methoxy groups -OCH3 is 1. The van der Waals surface area contributed by atoms with Crippen molar-refractivity contribution in [3.05, 3.63) is 104 Å². The van der Waals surface area contributed by atoms with Gasteiger partial charge in [-0.1, -0.05) is 65.7 Å². The average Bonchev–Trinajstić information content (AvgIpc) is 3.53. The molecule has 0 bridgehead atoms. The first kappa shape index (κ1) is 35.1. The number of amides is 1. The first-order chi connectivity index (χ1) is 24.5. The van der Waals surface area contributed by atoms with E-state index >= 15 is 0 Å². The van der Waals surface area contributed by atoms with Crippen molar-refractivity contribution in [3.63, 3.8) is 0 Å². The van der Waals surface area contributed by atoms with Crippen LogP contribution in [0.2, 0.25) is 10.0 Å². The van der Waals surface area contributed by atoms with Gasteiger partial charge in [0.1, 0.15) is 5.65 Å². The molecule has 10 nitrogen and oxygen atoms in total. The number of fused-ring (bicyclic) bond motifs is 1. The lowest BCUT2D eigenvalue weighted by molar-refractivity contribution is -0.119. The van der Waals surface area contributed by atoms with Crippen LogP contribution >= 0.6 is 23.2 Å². The topological polar surface area (TPSA) is 130 Å². The quantitative estimate of drug-likeness (QED) is 0.129. The van der Waals surface area contributed by atoms with E-state index in [4.69, 9.17) is 37.9 Å². The number of aromatic nitrogens is 3. The highest BCUT2D eigenvalue weighted by Gasteiger charge is 2.38. The Morgan fingerprint density at radius 3 is 2.37 bits per heavy atom. The molecule has 1 amide bonds. The summed E-state index contributed by atoms with van der Waals surface area (Å²) in [6.07, 6.45) is 4.47. The Hall–Kier alpha value is -4.32. The molecule has 12 heteroatoms. The SMILES string of the molecule is COc1nc(-c2cccc(-c3cccc(-c4ccn5c(=O)c(C)c(CN[C@H]6C[C@](C)(O)C6)nc5c4)c3Cl)c2Cl)ccc1CNC[C@@H]1CCC(=O)N1. The van der Waals surface area contributed by atoms with Gasteiger partial charge < -0.3 is 25.8 Å². The number of aliphatic hydroxyl groups is 1. The number of benzene rings is 2. The second-order valence-corrected chi connectivity index (χ2v) is 14.5. The maximum atomic E-state index is 13.3. The molecule has 4 heterocycles. The summed E-state index contributed by atoms with van der Waals surface area (Å²) in [5.41, 5.74) is 6.40. The van der Waals surface area contributed by atoms with Gasteiger partial charge in [0, 0.05) is 77.7 Å². The Bertz CT molecular complexity index is 2200. The summed E-state index contributed by atoms with van der Waals surface area (Å²) in [7, 11) is 1.59. The summed E-state index contributed by atoms with van der Waals surface area (Å²) < 4.78 is 7.20. The van der Waals surface area contributed by atoms with Crippen molar-refractivity contribution < 1.29 is 14.6 Å². The third kappa shape index (κ3) is 7.24. The highest BCUT2D eigenvalue weighted by atomic mass is 35.5. The smallest absolute Gasteiger partial charge is 0.261 e. The first-order valence-electron chi connectivity index (χ1n) is 17.1. The van der Waals surface area contributed by atoms with Crippen molar-refractivity contribution in [2.24, 2.45) is 0 Å². The van der Waals surface area contributed by atoms with Crippen LogP contribution in [0.15, 0.2) is 71.7 Å². The van der Waals surface area contributed by atoms with Crippen molar-refractivity contribution in [1.29, 1.82) is 0 Å². The zero-order valence-corrected chi connectivity index (χ0v) is 30.2. The van der Waals surface area contributed by atoms with Crippen molar-refractivity contribution in [1.82, 2.24) is 30.3 Å². The monoisotopic (exact) mass is 726 g/mol. The van der Waals surface area contributed by atoms with Crippen LogP contribution in [-0.4, -0.2) is 56.7 Å². The molecule has 0 radical (unpaired) electrons. The van der Waals surface area contributed by atoms with Gasteiger partial charge in [0.15, 0.2) is 0 Å². The van der Waals surface area contributed by atoms with E-state index in [0.29, 0.717) is 77.4 Å². The fraction of sp³-hybridized carbons (Fsp3) is 0.333. The van der Waals surface area contributed by atoms with Gasteiger partial charge in [0.2, 0.25) is 11.8 Å². The number of pyridine rings is 2. The lowest BCUT2D eigenvalue weighted by atomic mass is 9.77. The standard InChI is InChI=1S/C39H40Cl2N6O4/c1-22-32(21-43-26-17-39(2,50)18-26)45-33-16-23(14-15-47(33)38(22)49)27-6-4-7-28(35(27)40)29-8-5-9-30(36(29)41)31-12-10-24(37(46-31)51-3)19-42-20-25-11-13-34(48)44-25/h4-10,12,14-16,25-26,42-43,50H,11,13,17-21H2,1-3H3,(H,44,48)/t25-,26-,39-/m0/s1. The molecule has 2 fully saturated rings. The lowest BCUT2D eigenvalue weighted by Gasteiger charge is -2.41. The van der Waals surface area contributed by atoms with E-state index in [9.17, 15) is 14.7 Å². The molecule has 264 valence electrons. The summed E-state index contributed by atoms with van der Waals surface area (Å²) >= 11 is 14.3. The van der Waals surface area contributed by atoms with Gasteiger partial charge in [-0.2, -0.15) is 0 Å². The van der Waals surface area contributed by atoms with Crippen LogP contribution in [0.1, 0.15) is 49.4 Å². The molecule has 51 heavy (non-hydrogen) atoms. The van der Waals surface area contributed by atoms with Crippen molar-refractivity contribution in [2.75, 3.05) is 13.7 Å². The first-order valence-corrected chi connectivity index (χ1v) is 17.9. The van der Waals surface area contributed by atoms with Gasteiger partial charge >= 0.3 is 0 Å². The van der Waals surface area contributed by atoms with E-state index in [1.54, 1.807) is 24.6 Å². The van der Waals surface area contributed by atoms with Gasteiger partial charge in [-0.3, -0.25) is 14.0 Å². The van der Waals surface area contributed by atoms with E-state index in [1.807, 2.05) is 67.6 Å². The number of ether oxygens (including phenoxy) is 1. The van der Waals surface area contributed by atoms with Crippen LogP contribution in [0.5, 0.6) is 5.88 Å². The Balaban J connectivity index is 1.15. The zero-order chi connectivity index (χ0) is 35.9. The Kier molecular flexibility index (Phi) is 9.88. The van der Waals surface area contributed by atoms with Crippen LogP contribution in [-0.2, 0) is 17.9 Å². The molecule has 3 aromatic heterocycles. The largest absolute Gasteiger partial charge is 0.481 e. The summed E-state index contributed by atoms with van der Waals surface area (Å²) in [5, 5.41) is 20.9. The number of rotatable bonds is 11. The van der Waals surface area contributed by atoms with Crippen LogP contribution < -0.4 is 26.2 Å². The van der Waals surface area contributed by atoms with Gasteiger partial charge in [-0.05, 0) is 56.9 Å². The number of nitrogens with zero attached hydrogens (tertiary/aromatic N) is 3. The number of hydrogen-bond donors (Lipinski definition) is 4. The third-order valence-electron chi connectivity index (χ3n) is 9.89. The molecule has 1 saturated carbocycles. The summed E-state index contributed by atoms with van der Waals surface area (Å²) in [6.45, 7) is 5.27. The van der Waals surface area contributed by atoms with E-state index in [0.717, 1.165) is 39.8 Å². The van der Waals surface area contributed by atoms with Crippen LogP contribution in [0.4, 0.5) is 0 Å². The Labute approximate surface area is 306 Å². The molecule has 1 atom stereocenters. The van der Waals surface area contributed by atoms with Crippen LogP contribution in [0.3, 0.4) is 0 Å². The fourth-order valence-electron chi connectivity index (χ4n) is 7.04. The molecule has 4 N–H and O–H groups in total. The predicted octanol–water partition coefficient (Wildman–Crippen LogP) is 6.09. The number of nitrogens with one attached hydrogen (secondary N) is 3. The molecule has 0 unspecified atom stereocenters. The molecular formula is C39H40Cl2N6O4. The molecule has 2 aromatic carbocycles. The van der Waals surface area contributed by atoms with E-state index in [1.165, 1.54) is 0 Å². The minimum atomic E-state index is -0.636. The minimum absolute atomic E-state index is 0.0935. The molecule has 1 aliphatic carbocycles. The maximum Gasteiger partial charge on any atom is 0.261 e. The summed E-state index contributed by atoms with van der Waals surface area (Å²) in [5.74, 6) is 0.585. The minimum Gasteiger partial charge on any atom is -0.481 e. The van der Waals surface area contributed by atoms with Gasteiger partial charge in [0.25, 0.3) is 5.56 Å². The van der Waals surface area contributed by atoms with Crippen molar-refractivity contribution in [3.8, 4) is 39.4 Å². The summed E-state index contributed by atoms with van der Waals surface area (Å²) in [4.78, 5) is 34.4. The predicted molar refractivity (Wildman–Crippen MR) is 200 cm³/mol. The molecular weight excluding hydrogens is 687 g/mol. The van der Waals surface area contributed by atoms with E-state index in [2.05, 4.69) is 16.0 Å². The van der Waals surface area contributed by atoms with Gasteiger partial charge in [-0.25, -0.2) is 9.97 Å². The molecule has 1 aliphatic heterocycles. The highest BCUT2D eigenvalue weighted by molar-refractivity contribution is 6.39. The van der Waals surface area contributed by atoms with Gasteiger partial charge in [0.05, 0.1) is 34.1 Å². The molecule has 2 aliphatic rings. The zero-order valence-electron chi connectivity index (χ0n) is 28.7. The highest BCUT2D eigenvalue weighted by Crippen LogP contribution is 2.42. The molecule has 0 spiro atoms. The van der Waals surface area contributed by atoms with Gasteiger partial charge in [-0.15, -0.1) is 0 Å². The van der Waals surface area contributed by atoms with E-state index in [-0.39, 0.29) is 23.6 Å². The number of carbonyl (C=O) groups excluding carboxylic acids is 1. The molecule has 1 saturated heterocycles. The average molecular weight is 728 g/mol. The maximum absolute atomic E-state index is 13.3. The second-order valence-electron chi connectivity index (χ2n) is 13.7. The normalized spacial score (nSPS) is 20.0. The Morgan fingerprint density at radius 2 is 1.69 bits per heavy atom. The van der Waals surface area contributed by atoms with E-state index < -0.39 is 5.60 Å². The van der Waals surface area contributed by atoms with Crippen molar-refractivity contribution in [2.45, 2.75) is 70.3 Å².